The van der Waals surface area contributed by atoms with E-state index < -0.39 is 0 Å². The number of methoxy groups -OCH3 is 1. The van der Waals surface area contributed by atoms with Crippen LogP contribution in [0.3, 0.4) is 0 Å². The van der Waals surface area contributed by atoms with Gasteiger partial charge in [-0.1, -0.05) is 25.1 Å². The fourth-order valence-corrected chi connectivity index (χ4v) is 2.92. The topological polar surface area (TPSA) is 87.6 Å². The maximum absolute atomic E-state index is 12.1. The number of benzene rings is 1. The Morgan fingerprint density at radius 1 is 1.16 bits per heavy atom. The van der Waals surface area contributed by atoms with Gasteiger partial charge >= 0.3 is 0 Å². The van der Waals surface area contributed by atoms with Gasteiger partial charge < -0.3 is 20.7 Å². The first-order valence-corrected chi connectivity index (χ1v) is 10.4. The molecule has 1 aromatic heterocycles. The number of nitrogens with one attached hydrogen (secondary N) is 3. The zero-order valence-corrected chi connectivity index (χ0v) is 21.1. The third-order valence-electron chi connectivity index (χ3n) is 4.66. The number of anilines is 1. The van der Waals surface area contributed by atoms with Crippen molar-refractivity contribution in [2.24, 2.45) is 4.99 Å². The highest BCUT2D eigenvalue weighted by Crippen LogP contribution is 2.21. The molecule has 1 unspecified atom stereocenters. The molecule has 0 saturated carbocycles. The van der Waals surface area contributed by atoms with Crippen molar-refractivity contribution in [3.05, 3.63) is 53.7 Å². The highest BCUT2D eigenvalue weighted by Gasteiger charge is 2.07. The predicted octanol–water partition coefficient (Wildman–Crippen LogP) is 4.09. The van der Waals surface area contributed by atoms with Crippen LogP contribution < -0.4 is 20.7 Å². The summed E-state index contributed by atoms with van der Waals surface area (Å²) >= 11 is 0. The van der Waals surface area contributed by atoms with Gasteiger partial charge in [-0.2, -0.15) is 0 Å². The van der Waals surface area contributed by atoms with Gasteiger partial charge in [0.1, 0.15) is 11.6 Å². The summed E-state index contributed by atoms with van der Waals surface area (Å²) in [6, 6.07) is 13.7. The third-order valence-corrected chi connectivity index (χ3v) is 4.66. The number of guanidine groups is 1. The average Bonchev–Trinajstić information content (AvgIpc) is 2.73. The van der Waals surface area contributed by atoms with E-state index in [1.165, 1.54) is 5.56 Å². The fourth-order valence-electron chi connectivity index (χ4n) is 2.92. The Morgan fingerprint density at radius 2 is 1.90 bits per heavy atom. The molecule has 0 radical (unpaired) electrons. The van der Waals surface area contributed by atoms with Gasteiger partial charge in [-0.05, 0) is 56.0 Å². The molecule has 0 bridgehead atoms. The second-order valence-corrected chi connectivity index (χ2v) is 7.11. The number of aryl methyl sites for hydroxylation is 1. The number of hydrogen-bond donors (Lipinski definition) is 3. The minimum absolute atomic E-state index is 0. The largest absolute Gasteiger partial charge is 0.497 e. The number of amides is 1. The number of aliphatic imine (C=N–C) groups is 1. The third kappa shape index (κ3) is 9.99. The Bertz CT molecular complexity index is 827. The molecule has 1 aromatic carbocycles. The molecule has 0 spiro atoms. The number of ether oxygens (including phenoxy) is 1. The number of hydrogen-bond acceptors (Lipinski definition) is 4. The zero-order chi connectivity index (χ0) is 21.8. The van der Waals surface area contributed by atoms with Crippen LogP contribution in [0.2, 0.25) is 0 Å². The van der Waals surface area contributed by atoms with Crippen LogP contribution in [0.15, 0.2) is 47.5 Å². The minimum atomic E-state index is -0.0791. The van der Waals surface area contributed by atoms with E-state index in [2.05, 4.69) is 45.0 Å². The van der Waals surface area contributed by atoms with Gasteiger partial charge in [0.2, 0.25) is 5.91 Å². The Balaban J connectivity index is 0.00000480. The molecule has 170 valence electrons. The molecular weight excluding hydrogens is 505 g/mol. The summed E-state index contributed by atoms with van der Waals surface area (Å²) in [5, 5.41) is 9.25. The Labute approximate surface area is 202 Å². The summed E-state index contributed by atoms with van der Waals surface area (Å²) in [6.07, 6.45) is 1.27. The van der Waals surface area contributed by atoms with E-state index in [0.717, 1.165) is 30.4 Å². The molecule has 0 saturated heterocycles. The number of rotatable bonds is 10. The van der Waals surface area contributed by atoms with E-state index in [9.17, 15) is 4.79 Å². The van der Waals surface area contributed by atoms with Gasteiger partial charge in [-0.3, -0.25) is 9.79 Å². The summed E-state index contributed by atoms with van der Waals surface area (Å²) in [5.74, 6) is 2.48. The molecule has 31 heavy (non-hydrogen) atoms. The molecule has 0 fully saturated rings. The van der Waals surface area contributed by atoms with Crippen LogP contribution in [0.5, 0.6) is 5.75 Å². The molecule has 0 aliphatic heterocycles. The highest BCUT2D eigenvalue weighted by atomic mass is 127. The van der Waals surface area contributed by atoms with Gasteiger partial charge in [0, 0.05) is 31.7 Å². The maximum atomic E-state index is 12.1. The fraction of sp³-hybridized carbons (Fsp3) is 0.435. The molecule has 1 amide bonds. The van der Waals surface area contributed by atoms with Gasteiger partial charge in [0.25, 0.3) is 0 Å². The van der Waals surface area contributed by atoms with Gasteiger partial charge in [-0.15, -0.1) is 24.0 Å². The monoisotopic (exact) mass is 539 g/mol. The van der Waals surface area contributed by atoms with E-state index in [1.807, 2.05) is 38.1 Å². The number of carbonyl (C=O) groups is 1. The molecule has 2 rings (SSSR count). The molecule has 8 heteroatoms. The number of nitrogens with zero attached hydrogens (tertiary/aromatic N) is 2. The summed E-state index contributed by atoms with van der Waals surface area (Å²) in [7, 11) is 1.67. The van der Waals surface area contributed by atoms with Crippen LogP contribution in [-0.4, -0.2) is 43.6 Å². The highest BCUT2D eigenvalue weighted by molar-refractivity contribution is 14.0. The zero-order valence-electron chi connectivity index (χ0n) is 18.8. The average molecular weight is 539 g/mol. The lowest BCUT2D eigenvalue weighted by atomic mass is 9.98. The number of carbonyl (C=O) groups excluding carboxylic acids is 1. The van der Waals surface area contributed by atoms with Gasteiger partial charge in [-0.25, -0.2) is 4.98 Å². The number of pyridine rings is 1. The molecule has 2 aromatic rings. The lowest BCUT2D eigenvalue weighted by Gasteiger charge is -2.13. The predicted molar refractivity (Wildman–Crippen MR) is 138 cm³/mol. The lowest BCUT2D eigenvalue weighted by molar-refractivity contribution is -0.116. The standard InChI is InChI=1S/C23H33N5O2.HI/c1-5-24-23(25-15-13-17(2)19-9-11-20(30-4)12-10-19)26-16-14-22(29)28-21-8-6-7-18(3)27-21;/h6-12,17H,5,13-16H2,1-4H3,(H2,24,25,26)(H,27,28,29);1H. The Morgan fingerprint density at radius 3 is 2.55 bits per heavy atom. The van der Waals surface area contributed by atoms with E-state index in [1.54, 1.807) is 13.2 Å². The molecule has 0 aliphatic carbocycles. The van der Waals surface area contributed by atoms with Crippen molar-refractivity contribution in [2.75, 3.05) is 32.1 Å². The van der Waals surface area contributed by atoms with Crippen molar-refractivity contribution >= 4 is 41.7 Å². The summed E-state index contributed by atoms with van der Waals surface area (Å²) in [6.45, 7) is 8.07. The van der Waals surface area contributed by atoms with E-state index in [0.29, 0.717) is 31.2 Å². The first kappa shape index (κ1) is 26.7. The van der Waals surface area contributed by atoms with E-state index >= 15 is 0 Å². The van der Waals surface area contributed by atoms with Crippen molar-refractivity contribution in [2.45, 2.75) is 39.5 Å². The normalized spacial score (nSPS) is 11.8. The van der Waals surface area contributed by atoms with Crippen LogP contribution >= 0.6 is 24.0 Å². The SMILES string of the molecule is CCNC(=NCCC(C)c1ccc(OC)cc1)NCCC(=O)Nc1cccc(C)n1.I. The first-order valence-electron chi connectivity index (χ1n) is 10.4. The smallest absolute Gasteiger partial charge is 0.227 e. The van der Waals surface area contributed by atoms with Crippen LogP contribution in [0, 0.1) is 6.92 Å². The van der Waals surface area contributed by atoms with Crippen molar-refractivity contribution in [3.63, 3.8) is 0 Å². The van der Waals surface area contributed by atoms with Crippen LogP contribution in [0.1, 0.15) is 43.9 Å². The number of halogens is 1. The molecule has 7 nitrogen and oxygen atoms in total. The maximum Gasteiger partial charge on any atom is 0.227 e. The number of aromatic nitrogens is 1. The van der Waals surface area contributed by atoms with Crippen molar-refractivity contribution < 1.29 is 9.53 Å². The Hall–Kier alpha value is -2.36. The summed E-state index contributed by atoms with van der Waals surface area (Å²) in [5.41, 5.74) is 2.14. The minimum Gasteiger partial charge on any atom is -0.497 e. The van der Waals surface area contributed by atoms with Crippen LogP contribution in [-0.2, 0) is 4.79 Å². The second kappa shape index (κ2) is 14.6. The molecule has 1 heterocycles. The summed E-state index contributed by atoms with van der Waals surface area (Å²) < 4.78 is 5.21. The van der Waals surface area contributed by atoms with E-state index in [4.69, 9.17) is 4.74 Å². The molecule has 1 atom stereocenters. The lowest BCUT2D eigenvalue weighted by Crippen LogP contribution is -2.38. The van der Waals surface area contributed by atoms with Crippen LogP contribution in [0.4, 0.5) is 5.82 Å². The summed E-state index contributed by atoms with van der Waals surface area (Å²) in [4.78, 5) is 21.0. The molecular formula is C23H34IN5O2. The van der Waals surface area contributed by atoms with Crippen molar-refractivity contribution in [1.82, 2.24) is 15.6 Å². The molecule has 3 N–H and O–H groups in total. The molecule has 0 aliphatic rings. The Kier molecular flexibility index (Phi) is 12.6. The van der Waals surface area contributed by atoms with Crippen molar-refractivity contribution in [3.8, 4) is 5.75 Å². The first-order chi connectivity index (χ1) is 14.5. The van der Waals surface area contributed by atoms with Crippen LogP contribution in [0.25, 0.3) is 0 Å². The second-order valence-electron chi connectivity index (χ2n) is 7.11. The quantitative estimate of drug-likeness (QED) is 0.241. The van der Waals surface area contributed by atoms with Gasteiger partial charge in [0.15, 0.2) is 5.96 Å². The van der Waals surface area contributed by atoms with Crippen molar-refractivity contribution in [1.29, 1.82) is 0 Å². The van der Waals surface area contributed by atoms with E-state index in [-0.39, 0.29) is 29.9 Å². The van der Waals surface area contributed by atoms with Gasteiger partial charge in [0.05, 0.1) is 7.11 Å².